The van der Waals surface area contributed by atoms with Crippen LogP contribution in [0.5, 0.6) is 0 Å². The van der Waals surface area contributed by atoms with E-state index in [2.05, 4.69) is 24.1 Å². The number of nitrogens with one attached hydrogen (secondary N) is 1. The van der Waals surface area contributed by atoms with Crippen molar-refractivity contribution in [1.29, 1.82) is 0 Å². The fraction of sp³-hybridized carbons (Fsp3) is 1.00. The molecular formula is C14H30N2. The lowest BCUT2D eigenvalue weighted by Crippen LogP contribution is -2.21. The third-order valence-electron chi connectivity index (χ3n) is 3.33. The first-order valence-corrected chi connectivity index (χ1v) is 7.22. The van der Waals surface area contributed by atoms with Crippen molar-refractivity contribution in [3.8, 4) is 0 Å². The molecule has 0 aromatic heterocycles. The molecule has 1 aliphatic heterocycles. The lowest BCUT2D eigenvalue weighted by Gasteiger charge is -2.13. The SMILES string of the molecule is CC(C)CNCCCCCCN1CCCC1. The average Bonchev–Trinajstić information content (AvgIpc) is 2.74. The Morgan fingerprint density at radius 3 is 2.38 bits per heavy atom. The lowest BCUT2D eigenvalue weighted by molar-refractivity contribution is 0.327. The smallest absolute Gasteiger partial charge is 0.00183 e. The molecule has 0 aromatic rings. The molecule has 0 unspecified atom stereocenters. The van der Waals surface area contributed by atoms with E-state index in [9.17, 15) is 0 Å². The molecule has 0 spiro atoms. The maximum Gasteiger partial charge on any atom is -0.00183 e. The summed E-state index contributed by atoms with van der Waals surface area (Å²) < 4.78 is 0. The van der Waals surface area contributed by atoms with Gasteiger partial charge in [0.05, 0.1) is 0 Å². The van der Waals surface area contributed by atoms with Crippen LogP contribution in [0.15, 0.2) is 0 Å². The van der Waals surface area contributed by atoms with Gasteiger partial charge in [-0.3, -0.25) is 0 Å². The third-order valence-corrected chi connectivity index (χ3v) is 3.33. The Labute approximate surface area is 102 Å². The molecule has 0 saturated carbocycles. The second-order valence-corrected chi connectivity index (χ2v) is 5.56. The highest BCUT2D eigenvalue weighted by atomic mass is 15.1. The summed E-state index contributed by atoms with van der Waals surface area (Å²) in [5.74, 6) is 0.787. The number of likely N-dealkylation sites (tertiary alicyclic amines) is 1. The highest BCUT2D eigenvalue weighted by Gasteiger charge is 2.09. The van der Waals surface area contributed by atoms with Gasteiger partial charge in [-0.1, -0.05) is 26.7 Å². The van der Waals surface area contributed by atoms with Crippen molar-refractivity contribution in [3.63, 3.8) is 0 Å². The maximum absolute atomic E-state index is 3.51. The third kappa shape index (κ3) is 7.24. The minimum atomic E-state index is 0.787. The predicted octanol–water partition coefficient (Wildman–Crippen LogP) is 2.89. The molecule has 1 aliphatic rings. The number of unbranched alkanes of at least 4 members (excludes halogenated alkanes) is 3. The normalized spacial score (nSPS) is 17.4. The Balaban J connectivity index is 1.74. The summed E-state index contributed by atoms with van der Waals surface area (Å²) in [5, 5.41) is 3.51. The Kier molecular flexibility index (Phi) is 7.87. The van der Waals surface area contributed by atoms with Gasteiger partial charge in [-0.05, 0) is 64.3 Å². The number of rotatable bonds is 9. The van der Waals surface area contributed by atoms with Gasteiger partial charge in [-0.2, -0.15) is 0 Å². The van der Waals surface area contributed by atoms with Crippen LogP contribution in [0.1, 0.15) is 52.4 Å². The molecule has 0 radical (unpaired) electrons. The molecule has 1 saturated heterocycles. The van der Waals surface area contributed by atoms with Gasteiger partial charge in [0, 0.05) is 0 Å². The highest BCUT2D eigenvalue weighted by molar-refractivity contribution is 4.65. The van der Waals surface area contributed by atoms with Crippen LogP contribution in [0.4, 0.5) is 0 Å². The van der Waals surface area contributed by atoms with Crippen molar-refractivity contribution in [1.82, 2.24) is 10.2 Å². The Morgan fingerprint density at radius 1 is 1.00 bits per heavy atom. The second-order valence-electron chi connectivity index (χ2n) is 5.56. The molecule has 0 atom stereocenters. The van der Waals surface area contributed by atoms with Crippen LogP contribution in [0.25, 0.3) is 0 Å². The zero-order valence-electron chi connectivity index (χ0n) is 11.3. The molecule has 0 aromatic carbocycles. The van der Waals surface area contributed by atoms with Gasteiger partial charge in [-0.15, -0.1) is 0 Å². The first-order valence-electron chi connectivity index (χ1n) is 7.22. The van der Waals surface area contributed by atoms with Gasteiger partial charge >= 0.3 is 0 Å². The van der Waals surface area contributed by atoms with E-state index in [1.807, 2.05) is 0 Å². The van der Waals surface area contributed by atoms with E-state index in [4.69, 9.17) is 0 Å². The fourth-order valence-electron chi connectivity index (χ4n) is 2.34. The number of hydrogen-bond acceptors (Lipinski definition) is 2. The molecule has 1 rings (SSSR count). The monoisotopic (exact) mass is 226 g/mol. The van der Waals surface area contributed by atoms with Crippen molar-refractivity contribution >= 4 is 0 Å². The van der Waals surface area contributed by atoms with Gasteiger partial charge in [0.1, 0.15) is 0 Å². The van der Waals surface area contributed by atoms with E-state index in [0.717, 1.165) is 5.92 Å². The molecule has 1 heterocycles. The van der Waals surface area contributed by atoms with E-state index in [1.54, 1.807) is 0 Å². The molecule has 0 aliphatic carbocycles. The average molecular weight is 226 g/mol. The molecule has 2 nitrogen and oxygen atoms in total. The van der Waals surface area contributed by atoms with Gasteiger partial charge in [0.25, 0.3) is 0 Å². The molecule has 96 valence electrons. The van der Waals surface area contributed by atoms with Crippen LogP contribution < -0.4 is 5.32 Å². The van der Waals surface area contributed by atoms with Crippen molar-refractivity contribution in [2.45, 2.75) is 52.4 Å². The zero-order chi connectivity index (χ0) is 11.6. The van der Waals surface area contributed by atoms with Crippen LogP contribution in [0, 0.1) is 5.92 Å². The van der Waals surface area contributed by atoms with Crippen molar-refractivity contribution in [2.24, 2.45) is 5.92 Å². The zero-order valence-corrected chi connectivity index (χ0v) is 11.3. The summed E-state index contributed by atoms with van der Waals surface area (Å²) in [6.07, 6.45) is 8.44. The standard InChI is InChI=1S/C14H30N2/c1-14(2)13-15-9-5-3-4-6-10-16-11-7-8-12-16/h14-15H,3-13H2,1-2H3. The van der Waals surface area contributed by atoms with Crippen LogP contribution in [-0.4, -0.2) is 37.6 Å². The molecule has 0 bridgehead atoms. The topological polar surface area (TPSA) is 15.3 Å². The summed E-state index contributed by atoms with van der Waals surface area (Å²) in [7, 11) is 0. The van der Waals surface area contributed by atoms with E-state index >= 15 is 0 Å². The first kappa shape index (κ1) is 14.0. The Hall–Kier alpha value is -0.0800. The largest absolute Gasteiger partial charge is 0.316 e. The van der Waals surface area contributed by atoms with Crippen molar-refractivity contribution in [2.75, 3.05) is 32.7 Å². The number of hydrogen-bond donors (Lipinski definition) is 1. The maximum atomic E-state index is 3.51. The summed E-state index contributed by atoms with van der Waals surface area (Å²) in [6.45, 7) is 11.0. The quantitative estimate of drug-likeness (QED) is 0.608. The highest BCUT2D eigenvalue weighted by Crippen LogP contribution is 2.09. The van der Waals surface area contributed by atoms with Crippen molar-refractivity contribution < 1.29 is 0 Å². The molecular weight excluding hydrogens is 196 g/mol. The van der Waals surface area contributed by atoms with Crippen LogP contribution in [0.3, 0.4) is 0 Å². The van der Waals surface area contributed by atoms with E-state index in [-0.39, 0.29) is 0 Å². The number of nitrogens with zero attached hydrogens (tertiary/aromatic N) is 1. The summed E-state index contributed by atoms with van der Waals surface area (Å²) in [4.78, 5) is 2.62. The van der Waals surface area contributed by atoms with Gasteiger partial charge in [-0.25, -0.2) is 0 Å². The van der Waals surface area contributed by atoms with Crippen molar-refractivity contribution in [3.05, 3.63) is 0 Å². The minimum absolute atomic E-state index is 0.787. The van der Waals surface area contributed by atoms with Crippen LogP contribution >= 0.6 is 0 Å². The van der Waals surface area contributed by atoms with Gasteiger partial charge in [0.2, 0.25) is 0 Å². The predicted molar refractivity (Wildman–Crippen MR) is 71.8 cm³/mol. The summed E-state index contributed by atoms with van der Waals surface area (Å²) in [6, 6.07) is 0. The molecule has 1 fully saturated rings. The Morgan fingerprint density at radius 2 is 1.69 bits per heavy atom. The molecule has 0 amide bonds. The van der Waals surface area contributed by atoms with E-state index in [1.165, 1.54) is 71.2 Å². The summed E-state index contributed by atoms with van der Waals surface area (Å²) in [5.41, 5.74) is 0. The van der Waals surface area contributed by atoms with Crippen LogP contribution in [0.2, 0.25) is 0 Å². The molecule has 1 N–H and O–H groups in total. The Bertz CT molecular complexity index is 151. The second kappa shape index (κ2) is 9.00. The van der Waals surface area contributed by atoms with E-state index in [0.29, 0.717) is 0 Å². The minimum Gasteiger partial charge on any atom is -0.316 e. The van der Waals surface area contributed by atoms with Crippen LogP contribution in [-0.2, 0) is 0 Å². The lowest BCUT2D eigenvalue weighted by atomic mass is 10.2. The van der Waals surface area contributed by atoms with Gasteiger partial charge in [0.15, 0.2) is 0 Å². The first-order chi connectivity index (χ1) is 7.79. The fourth-order valence-corrected chi connectivity index (χ4v) is 2.34. The van der Waals surface area contributed by atoms with E-state index < -0.39 is 0 Å². The van der Waals surface area contributed by atoms with Gasteiger partial charge < -0.3 is 10.2 Å². The molecule has 2 heteroatoms. The molecule has 16 heavy (non-hydrogen) atoms. The summed E-state index contributed by atoms with van der Waals surface area (Å²) >= 11 is 0.